The number of ketones is 1. The van der Waals surface area contributed by atoms with Crippen molar-refractivity contribution in [2.45, 2.75) is 39.5 Å². The van der Waals surface area contributed by atoms with Crippen molar-refractivity contribution >= 4 is 5.78 Å². The Labute approximate surface area is 86.3 Å². The van der Waals surface area contributed by atoms with E-state index in [1.807, 2.05) is 0 Å². The number of hydrogen-bond donors (Lipinski definition) is 0. The smallest absolute Gasteiger partial charge is 0.139 e. The normalized spacial score (nSPS) is 50.5. The summed E-state index contributed by atoms with van der Waals surface area (Å²) in [6.07, 6.45) is 5.13. The Morgan fingerprint density at radius 2 is 1.93 bits per heavy atom. The molecule has 78 valence electrons. The van der Waals surface area contributed by atoms with Gasteiger partial charge in [-0.25, -0.2) is 0 Å². The molecule has 0 heterocycles. The lowest BCUT2D eigenvalue weighted by molar-refractivity contribution is -0.149. The van der Waals surface area contributed by atoms with Crippen molar-refractivity contribution in [3.05, 3.63) is 0 Å². The van der Waals surface area contributed by atoms with Gasteiger partial charge in [0, 0.05) is 11.8 Å². The zero-order valence-electron chi connectivity index (χ0n) is 9.20. The average molecular weight is 192 g/mol. The molecule has 1 nitrogen and oxygen atoms in total. The van der Waals surface area contributed by atoms with Gasteiger partial charge in [0.15, 0.2) is 0 Å². The van der Waals surface area contributed by atoms with Crippen LogP contribution < -0.4 is 0 Å². The lowest BCUT2D eigenvalue weighted by Gasteiger charge is -2.54. The van der Waals surface area contributed by atoms with Gasteiger partial charge in [0.2, 0.25) is 0 Å². The molecule has 0 aromatic carbocycles. The summed E-state index contributed by atoms with van der Waals surface area (Å²) < 4.78 is 0. The Morgan fingerprint density at radius 1 is 1.14 bits per heavy atom. The molecule has 0 aromatic rings. The molecular formula is C13H20O. The van der Waals surface area contributed by atoms with Crippen molar-refractivity contribution in [1.82, 2.24) is 0 Å². The second-order valence-electron chi connectivity index (χ2n) is 6.10. The third kappa shape index (κ3) is 1.04. The first-order valence-electron chi connectivity index (χ1n) is 6.20. The quantitative estimate of drug-likeness (QED) is 0.624. The number of carbonyl (C=O) groups is 1. The van der Waals surface area contributed by atoms with Crippen LogP contribution in [0.15, 0.2) is 0 Å². The van der Waals surface area contributed by atoms with Gasteiger partial charge in [-0.3, -0.25) is 4.79 Å². The van der Waals surface area contributed by atoms with Gasteiger partial charge in [-0.1, -0.05) is 13.8 Å². The van der Waals surface area contributed by atoms with E-state index in [0.29, 0.717) is 23.5 Å². The van der Waals surface area contributed by atoms with Crippen LogP contribution in [0.25, 0.3) is 0 Å². The first-order chi connectivity index (χ1) is 6.66. The van der Waals surface area contributed by atoms with Crippen LogP contribution in [-0.2, 0) is 4.79 Å². The minimum absolute atomic E-state index is 0.464. The summed E-state index contributed by atoms with van der Waals surface area (Å²) in [5.74, 6) is 4.84. The van der Waals surface area contributed by atoms with Crippen LogP contribution >= 0.6 is 0 Å². The molecule has 0 radical (unpaired) electrons. The molecule has 4 bridgehead atoms. The first kappa shape index (κ1) is 8.94. The number of hydrogen-bond acceptors (Lipinski definition) is 1. The lowest BCUT2D eigenvalue weighted by atomic mass is 9.49. The molecule has 14 heavy (non-hydrogen) atoms. The van der Waals surface area contributed by atoms with E-state index in [1.54, 1.807) is 0 Å². The summed E-state index contributed by atoms with van der Waals surface area (Å²) in [5, 5.41) is 0. The van der Waals surface area contributed by atoms with E-state index >= 15 is 0 Å². The maximum Gasteiger partial charge on any atom is 0.139 e. The molecule has 0 saturated heterocycles. The third-order valence-electron chi connectivity index (χ3n) is 4.98. The van der Waals surface area contributed by atoms with Gasteiger partial charge in [0.05, 0.1) is 0 Å². The molecule has 4 saturated carbocycles. The fraction of sp³-hybridized carbons (Fsp3) is 0.923. The highest BCUT2D eigenvalue weighted by molar-refractivity contribution is 5.85. The largest absolute Gasteiger partial charge is 0.299 e. The highest BCUT2D eigenvalue weighted by Crippen LogP contribution is 2.56. The summed E-state index contributed by atoms with van der Waals surface area (Å²) in [4.78, 5) is 12.1. The topological polar surface area (TPSA) is 17.1 Å². The molecule has 4 unspecified atom stereocenters. The predicted molar refractivity (Wildman–Crippen MR) is 55.8 cm³/mol. The summed E-state index contributed by atoms with van der Waals surface area (Å²) in [5.41, 5.74) is 0. The number of Topliss-reactive ketones (excluding diaryl/α,β-unsaturated/α-hetero) is 1. The summed E-state index contributed by atoms with van der Waals surface area (Å²) in [6.45, 7) is 4.61. The fourth-order valence-electron chi connectivity index (χ4n) is 4.69. The molecule has 0 amide bonds. The molecule has 0 spiro atoms. The molecule has 1 heteroatoms. The van der Waals surface area contributed by atoms with Crippen LogP contribution in [0.4, 0.5) is 0 Å². The third-order valence-corrected chi connectivity index (χ3v) is 4.98. The van der Waals surface area contributed by atoms with E-state index < -0.39 is 0 Å². The molecule has 4 rings (SSSR count). The van der Waals surface area contributed by atoms with Gasteiger partial charge in [-0.2, -0.15) is 0 Å². The van der Waals surface area contributed by atoms with Gasteiger partial charge in [-0.05, 0) is 49.4 Å². The summed E-state index contributed by atoms with van der Waals surface area (Å²) >= 11 is 0. The van der Waals surface area contributed by atoms with Gasteiger partial charge >= 0.3 is 0 Å². The second-order valence-corrected chi connectivity index (χ2v) is 6.10. The van der Waals surface area contributed by atoms with E-state index in [0.717, 1.165) is 17.8 Å². The maximum absolute atomic E-state index is 12.1. The minimum Gasteiger partial charge on any atom is -0.299 e. The van der Waals surface area contributed by atoms with Crippen LogP contribution in [0, 0.1) is 35.5 Å². The molecule has 5 atom stereocenters. The Kier molecular flexibility index (Phi) is 1.81. The van der Waals surface area contributed by atoms with Gasteiger partial charge in [0.25, 0.3) is 0 Å². The second kappa shape index (κ2) is 2.84. The van der Waals surface area contributed by atoms with Crippen LogP contribution in [0.5, 0.6) is 0 Å². The molecule has 0 aromatic heterocycles. The van der Waals surface area contributed by atoms with E-state index in [1.165, 1.54) is 25.7 Å². The van der Waals surface area contributed by atoms with Gasteiger partial charge in [0.1, 0.15) is 5.78 Å². The van der Waals surface area contributed by atoms with Gasteiger partial charge < -0.3 is 0 Å². The molecule has 4 aliphatic rings. The van der Waals surface area contributed by atoms with Crippen LogP contribution in [0.3, 0.4) is 0 Å². The fourth-order valence-corrected chi connectivity index (χ4v) is 4.69. The molecular weight excluding hydrogens is 172 g/mol. The van der Waals surface area contributed by atoms with E-state index in [2.05, 4.69) is 13.8 Å². The molecule has 0 N–H and O–H groups in total. The zero-order chi connectivity index (χ0) is 9.87. The molecule has 4 fully saturated rings. The Morgan fingerprint density at radius 3 is 2.64 bits per heavy atom. The number of carbonyl (C=O) groups excluding carboxylic acids is 1. The Hall–Kier alpha value is -0.330. The lowest BCUT2D eigenvalue weighted by Crippen LogP contribution is -2.52. The van der Waals surface area contributed by atoms with E-state index in [4.69, 9.17) is 0 Å². The highest BCUT2D eigenvalue weighted by Gasteiger charge is 2.53. The van der Waals surface area contributed by atoms with Crippen LogP contribution in [0.2, 0.25) is 0 Å². The standard InChI is InChI=1S/C13H20O/c1-7(2)12-9-3-8-4-10(6-9)13(14)11(12)5-8/h7-12H,3-6H2,1-2H3/t8?,9?,10?,11?,12-/m0/s1. The van der Waals surface area contributed by atoms with Crippen molar-refractivity contribution in [3.63, 3.8) is 0 Å². The average Bonchev–Trinajstić information content (AvgIpc) is 2.12. The number of rotatable bonds is 1. The maximum atomic E-state index is 12.1. The Balaban J connectivity index is 1.93. The van der Waals surface area contributed by atoms with Crippen molar-refractivity contribution in [2.24, 2.45) is 35.5 Å². The van der Waals surface area contributed by atoms with Crippen molar-refractivity contribution in [2.75, 3.05) is 0 Å². The zero-order valence-corrected chi connectivity index (χ0v) is 9.20. The van der Waals surface area contributed by atoms with Crippen LogP contribution in [0.1, 0.15) is 39.5 Å². The monoisotopic (exact) mass is 192 g/mol. The molecule has 4 aliphatic carbocycles. The first-order valence-corrected chi connectivity index (χ1v) is 6.20. The SMILES string of the molecule is CC(C)[C@H]1C2CC3CC(C2)C(=O)C1C3. The van der Waals surface area contributed by atoms with E-state index in [9.17, 15) is 4.79 Å². The Bertz CT molecular complexity index is 268. The summed E-state index contributed by atoms with van der Waals surface area (Å²) in [6, 6.07) is 0. The van der Waals surface area contributed by atoms with Crippen LogP contribution in [-0.4, -0.2) is 5.78 Å². The molecule has 0 aliphatic heterocycles. The predicted octanol–water partition coefficient (Wildman–Crippen LogP) is 2.89. The van der Waals surface area contributed by atoms with Crippen molar-refractivity contribution in [1.29, 1.82) is 0 Å². The highest BCUT2D eigenvalue weighted by atomic mass is 16.1. The summed E-state index contributed by atoms with van der Waals surface area (Å²) in [7, 11) is 0. The van der Waals surface area contributed by atoms with Crippen molar-refractivity contribution in [3.8, 4) is 0 Å². The minimum atomic E-state index is 0.464. The van der Waals surface area contributed by atoms with Crippen molar-refractivity contribution < 1.29 is 4.79 Å². The van der Waals surface area contributed by atoms with E-state index in [-0.39, 0.29) is 0 Å². The van der Waals surface area contributed by atoms with Gasteiger partial charge in [-0.15, -0.1) is 0 Å².